The predicted octanol–water partition coefficient (Wildman–Crippen LogP) is 4.48. The first kappa shape index (κ1) is 21.8. The van der Waals surface area contributed by atoms with Gasteiger partial charge in [-0.1, -0.05) is 35.9 Å². The van der Waals surface area contributed by atoms with Crippen molar-refractivity contribution in [1.82, 2.24) is 4.90 Å². The van der Waals surface area contributed by atoms with Crippen LogP contribution >= 0.6 is 11.6 Å². The summed E-state index contributed by atoms with van der Waals surface area (Å²) in [4.78, 5) is 14.2. The lowest BCUT2D eigenvalue weighted by atomic mass is 9.99. The summed E-state index contributed by atoms with van der Waals surface area (Å²) in [5.74, 6) is -2.62. The van der Waals surface area contributed by atoms with Crippen LogP contribution in [0.1, 0.15) is 15.9 Å². The maximum atomic E-state index is 14.8. The Labute approximate surface area is 195 Å². The monoisotopic (exact) mass is 490 g/mol. The van der Waals surface area contributed by atoms with Crippen molar-refractivity contribution in [2.24, 2.45) is 0 Å². The van der Waals surface area contributed by atoms with Crippen LogP contribution in [0.4, 0.5) is 14.5 Å². The van der Waals surface area contributed by atoms with Gasteiger partial charge >= 0.3 is 0 Å². The first-order chi connectivity index (χ1) is 15.8. The van der Waals surface area contributed by atoms with Crippen molar-refractivity contribution >= 4 is 34.2 Å². The number of aromatic hydroxyl groups is 1. The lowest BCUT2D eigenvalue weighted by Gasteiger charge is -2.39. The molecule has 3 aliphatic rings. The van der Waals surface area contributed by atoms with Gasteiger partial charge in [0.25, 0.3) is 5.91 Å². The van der Waals surface area contributed by atoms with Crippen molar-refractivity contribution in [2.75, 3.05) is 17.8 Å². The molecule has 6 nitrogen and oxygen atoms in total. The van der Waals surface area contributed by atoms with Gasteiger partial charge in [0.05, 0.1) is 23.4 Å². The van der Waals surface area contributed by atoms with Gasteiger partial charge in [-0.15, -0.1) is 0 Å². The topological polar surface area (TPSA) is 78.9 Å². The Morgan fingerprint density at radius 3 is 2.64 bits per heavy atom. The van der Waals surface area contributed by atoms with Gasteiger partial charge in [0, 0.05) is 30.3 Å². The number of carbonyl (C=O) groups is 1. The maximum absolute atomic E-state index is 14.8. The first-order valence-electron chi connectivity index (χ1n) is 10.0. The lowest BCUT2D eigenvalue weighted by Crippen LogP contribution is -2.54. The van der Waals surface area contributed by atoms with Gasteiger partial charge in [-0.2, -0.15) is 0 Å². The van der Waals surface area contributed by atoms with Crippen LogP contribution < -0.4 is 4.72 Å². The zero-order chi connectivity index (χ0) is 23.3. The second-order valence-electron chi connectivity index (χ2n) is 7.79. The molecule has 0 aliphatic carbocycles. The zero-order valence-electron chi connectivity index (χ0n) is 17.0. The van der Waals surface area contributed by atoms with E-state index in [1.54, 1.807) is 24.3 Å². The normalized spacial score (nSPS) is 20.0. The average Bonchev–Trinajstić information content (AvgIpc) is 2.75. The second-order valence-corrected chi connectivity index (χ2v) is 9.38. The molecule has 2 N–H and O–H groups in total. The molecule has 1 atom stereocenters. The van der Waals surface area contributed by atoms with E-state index in [2.05, 4.69) is 4.72 Å². The van der Waals surface area contributed by atoms with E-state index in [1.165, 1.54) is 23.1 Å². The van der Waals surface area contributed by atoms with Gasteiger partial charge in [-0.3, -0.25) is 9.52 Å². The van der Waals surface area contributed by atoms with Crippen LogP contribution in [0.25, 0.3) is 11.1 Å². The van der Waals surface area contributed by atoms with Crippen LogP contribution in [-0.2, 0) is 22.3 Å². The van der Waals surface area contributed by atoms with Crippen LogP contribution in [0.15, 0.2) is 53.4 Å². The molecule has 33 heavy (non-hydrogen) atoms. The highest BCUT2D eigenvalue weighted by molar-refractivity contribution is 7.86. The lowest BCUT2D eigenvalue weighted by molar-refractivity contribution is -0.0502. The van der Waals surface area contributed by atoms with Gasteiger partial charge in [0.15, 0.2) is 16.7 Å². The molecular weight excluding hydrogens is 474 g/mol. The van der Waals surface area contributed by atoms with Crippen molar-refractivity contribution in [2.45, 2.75) is 17.6 Å². The molecule has 1 unspecified atom stereocenters. The second kappa shape index (κ2) is 8.40. The Bertz CT molecular complexity index is 1310. The van der Waals surface area contributed by atoms with Crippen molar-refractivity contribution < 1.29 is 27.6 Å². The number of nitrogens with one attached hydrogen (secondary N) is 1. The molecule has 1 saturated heterocycles. The van der Waals surface area contributed by atoms with Crippen LogP contribution in [-0.4, -0.2) is 39.3 Å². The highest BCUT2D eigenvalue weighted by Gasteiger charge is 2.33. The largest absolute Gasteiger partial charge is 0.505 e. The van der Waals surface area contributed by atoms with Crippen LogP contribution in [0.3, 0.4) is 0 Å². The third-order valence-electron chi connectivity index (χ3n) is 5.65. The molecular formula is C23H17ClF2N2O4S. The molecule has 6 bridgehead atoms. The number of rotatable bonds is 0. The first-order valence-corrected chi connectivity index (χ1v) is 11.5. The fraction of sp³-hybridized carbons (Fsp3) is 0.174. The van der Waals surface area contributed by atoms with E-state index in [4.69, 9.17) is 16.3 Å². The Morgan fingerprint density at radius 2 is 1.85 bits per heavy atom. The molecule has 3 heterocycles. The number of hydrogen-bond donors (Lipinski definition) is 2. The number of ether oxygens (including phenoxy) is 1. The van der Waals surface area contributed by atoms with Crippen LogP contribution in [0.5, 0.6) is 5.75 Å². The van der Waals surface area contributed by atoms with E-state index < -0.39 is 28.4 Å². The minimum atomic E-state index is -2.20. The number of amides is 1. The smallest absolute Gasteiger partial charge is 0.254 e. The SMILES string of the molecule is O=C1c2cc(Cl)c(O)c(c2)S(=O)Nc2cc(c(F)cc2F)-c2ccccc2COC2CN1C2. The van der Waals surface area contributed by atoms with Gasteiger partial charge in [-0.25, -0.2) is 13.0 Å². The molecule has 0 radical (unpaired) electrons. The number of phenols is 1. The molecule has 1 fully saturated rings. The van der Waals surface area contributed by atoms with Gasteiger partial charge in [0.1, 0.15) is 16.5 Å². The third-order valence-corrected chi connectivity index (χ3v) is 7.06. The van der Waals surface area contributed by atoms with Crippen molar-refractivity contribution in [1.29, 1.82) is 0 Å². The van der Waals surface area contributed by atoms with E-state index in [1.807, 2.05) is 0 Å². The molecule has 10 heteroatoms. The highest BCUT2D eigenvalue weighted by atomic mass is 35.5. The highest BCUT2D eigenvalue weighted by Crippen LogP contribution is 2.36. The third kappa shape index (κ3) is 3.96. The summed E-state index contributed by atoms with van der Waals surface area (Å²) in [6, 6.07) is 11.4. The number of benzene rings is 3. The van der Waals surface area contributed by atoms with E-state index in [0.717, 1.165) is 0 Å². The quantitative estimate of drug-likeness (QED) is 0.487. The summed E-state index contributed by atoms with van der Waals surface area (Å²) < 4.78 is 50.7. The summed E-state index contributed by atoms with van der Waals surface area (Å²) in [6.07, 6.45) is -0.216. The van der Waals surface area contributed by atoms with E-state index in [9.17, 15) is 22.9 Å². The molecule has 1 amide bonds. The number of carbonyl (C=O) groups excluding carboxylic acids is 1. The summed E-state index contributed by atoms with van der Waals surface area (Å²) in [5, 5.41) is 10.2. The Morgan fingerprint density at radius 1 is 1.09 bits per heavy atom. The number of anilines is 1. The summed E-state index contributed by atoms with van der Waals surface area (Å²) >= 11 is 6.07. The van der Waals surface area contributed by atoms with Crippen molar-refractivity contribution in [3.05, 3.63) is 76.3 Å². The number of hydrogen-bond acceptors (Lipinski definition) is 4. The van der Waals surface area contributed by atoms with Gasteiger partial charge in [-0.05, 0) is 29.3 Å². The number of fused-ring (bicyclic) bond motifs is 2. The Hall–Kier alpha value is -3.01. The minimum absolute atomic E-state index is 0.101. The van der Waals surface area contributed by atoms with Crippen LogP contribution in [0.2, 0.25) is 5.02 Å². The molecule has 0 aromatic heterocycles. The standard InChI is InChI=1S/C23H17ClF2N2O4S/c24-17-5-13-6-21(22(17)29)33(31)27-20-7-16(18(25)8-19(20)26)15-4-2-1-3-12(15)11-32-14-9-28(10-14)23(13)30/h1-8,14,27,29H,9-11H2. The molecule has 0 spiro atoms. The van der Waals surface area contributed by atoms with Gasteiger partial charge in [0.2, 0.25) is 0 Å². The molecule has 3 aromatic rings. The van der Waals surface area contributed by atoms with Crippen LogP contribution in [0, 0.1) is 11.6 Å². The van der Waals surface area contributed by atoms with Gasteiger partial charge < -0.3 is 14.7 Å². The van der Waals surface area contributed by atoms with E-state index >= 15 is 0 Å². The van der Waals surface area contributed by atoms with Crippen molar-refractivity contribution in [3.63, 3.8) is 0 Å². The molecule has 3 aromatic carbocycles. The molecule has 3 aliphatic heterocycles. The zero-order valence-corrected chi connectivity index (χ0v) is 18.6. The summed E-state index contributed by atoms with van der Waals surface area (Å²) in [7, 11) is -2.20. The minimum Gasteiger partial charge on any atom is -0.505 e. The van der Waals surface area contributed by atoms with E-state index in [0.29, 0.717) is 30.3 Å². The fourth-order valence-electron chi connectivity index (χ4n) is 3.84. The van der Waals surface area contributed by atoms with Crippen molar-refractivity contribution in [3.8, 4) is 16.9 Å². The van der Waals surface area contributed by atoms with E-state index in [-0.39, 0.29) is 45.4 Å². The molecule has 6 rings (SSSR count). The Balaban J connectivity index is 1.65. The fourth-order valence-corrected chi connectivity index (χ4v) is 5.10. The summed E-state index contributed by atoms with van der Waals surface area (Å²) in [6.45, 7) is 0.847. The molecule has 0 saturated carbocycles. The predicted molar refractivity (Wildman–Crippen MR) is 119 cm³/mol. The Kier molecular flexibility index (Phi) is 5.55. The maximum Gasteiger partial charge on any atom is 0.254 e. The average molecular weight is 491 g/mol. The number of phenolic OH excluding ortho intramolecular Hbond substituents is 1. The number of halogens is 3. The molecule has 170 valence electrons. The summed E-state index contributed by atoms with van der Waals surface area (Å²) in [5.41, 5.74) is 1.16. The number of nitrogens with zero attached hydrogens (tertiary/aromatic N) is 1.